The van der Waals surface area contributed by atoms with Gasteiger partial charge in [0, 0.05) is 49.2 Å². The lowest BCUT2D eigenvalue weighted by Crippen LogP contribution is -2.59. The van der Waals surface area contributed by atoms with E-state index in [-0.39, 0.29) is 24.0 Å². The van der Waals surface area contributed by atoms with Crippen molar-refractivity contribution in [2.24, 2.45) is 0 Å². The number of carbonyl (C=O) groups is 2. The summed E-state index contributed by atoms with van der Waals surface area (Å²) in [5.74, 6) is -0.197. The molecule has 2 atom stereocenters. The number of piperazine rings is 1. The van der Waals surface area contributed by atoms with Gasteiger partial charge in [-0.05, 0) is 56.3 Å². The Kier molecular flexibility index (Phi) is 6.81. The zero-order chi connectivity index (χ0) is 24.3. The first-order valence-corrected chi connectivity index (χ1v) is 10.3. The second-order valence-corrected chi connectivity index (χ2v) is 8.03. The van der Waals surface area contributed by atoms with Crippen molar-refractivity contribution in [3.63, 3.8) is 0 Å². The van der Waals surface area contributed by atoms with Gasteiger partial charge in [-0.15, -0.1) is 0 Å². The highest BCUT2D eigenvalue weighted by Crippen LogP contribution is 2.35. The number of nitrogens with zero attached hydrogens (tertiary/aromatic N) is 3. The summed E-state index contributed by atoms with van der Waals surface area (Å²) < 4.78 is 40.1. The molecule has 174 valence electrons. The zero-order valence-corrected chi connectivity index (χ0v) is 18.4. The summed E-state index contributed by atoms with van der Waals surface area (Å²) in [5.41, 5.74) is 0.129. The van der Waals surface area contributed by atoms with E-state index in [9.17, 15) is 22.8 Å². The molecule has 0 aromatic heterocycles. The van der Waals surface area contributed by atoms with E-state index >= 15 is 0 Å². The molecule has 3 rings (SSSR count). The van der Waals surface area contributed by atoms with E-state index in [1.165, 1.54) is 19.1 Å². The van der Waals surface area contributed by atoms with Gasteiger partial charge >= 0.3 is 12.2 Å². The molecule has 0 unspecified atom stereocenters. The number of alkyl halides is 3. The van der Waals surface area contributed by atoms with Gasteiger partial charge in [0.15, 0.2) is 0 Å². The fourth-order valence-electron chi connectivity index (χ4n) is 3.85. The Bertz CT molecular complexity index is 1080. The molecule has 1 aliphatic heterocycles. The molecule has 1 aliphatic rings. The number of rotatable bonds is 3. The summed E-state index contributed by atoms with van der Waals surface area (Å²) in [5, 5.41) is 14.5. The second-order valence-electron chi connectivity index (χ2n) is 8.03. The molecule has 2 aromatic carbocycles. The zero-order valence-electron chi connectivity index (χ0n) is 18.4. The molecule has 1 heterocycles. The van der Waals surface area contributed by atoms with Gasteiger partial charge in [-0.2, -0.15) is 18.4 Å². The molecule has 7 nitrogen and oxygen atoms in total. The largest absolute Gasteiger partial charge is 0.417 e. The highest BCUT2D eigenvalue weighted by atomic mass is 19.4. The van der Waals surface area contributed by atoms with Crippen LogP contribution in [0.2, 0.25) is 0 Å². The lowest BCUT2D eigenvalue weighted by molar-refractivity contribution is -0.137. The Hall–Kier alpha value is -3.74. The Morgan fingerprint density at radius 2 is 1.61 bits per heavy atom. The van der Waals surface area contributed by atoms with Crippen LogP contribution in [0.4, 0.5) is 35.0 Å². The lowest BCUT2D eigenvalue weighted by Gasteiger charge is -2.45. The molecule has 0 radical (unpaired) electrons. The highest BCUT2D eigenvalue weighted by Gasteiger charge is 2.36. The van der Waals surface area contributed by atoms with Crippen LogP contribution < -0.4 is 15.5 Å². The van der Waals surface area contributed by atoms with Crippen molar-refractivity contribution in [1.82, 2.24) is 4.90 Å². The smallest absolute Gasteiger partial charge is 0.365 e. The van der Waals surface area contributed by atoms with E-state index in [2.05, 4.69) is 10.6 Å². The number of halogens is 3. The van der Waals surface area contributed by atoms with E-state index in [0.717, 1.165) is 6.07 Å². The van der Waals surface area contributed by atoms with Gasteiger partial charge in [0.2, 0.25) is 5.91 Å². The molecule has 1 fully saturated rings. The monoisotopic (exact) mass is 459 g/mol. The highest BCUT2D eigenvalue weighted by molar-refractivity contribution is 5.91. The first-order valence-electron chi connectivity index (χ1n) is 10.3. The van der Waals surface area contributed by atoms with E-state index in [1.807, 2.05) is 18.7 Å². The van der Waals surface area contributed by atoms with E-state index in [1.54, 1.807) is 35.2 Å². The molecule has 2 aromatic rings. The fraction of sp³-hybridized carbons (Fsp3) is 0.348. The van der Waals surface area contributed by atoms with Crippen LogP contribution in [-0.2, 0) is 11.0 Å². The number of nitriles is 1. The normalized spacial score (nSPS) is 18.5. The quantitative estimate of drug-likeness (QED) is 0.699. The van der Waals surface area contributed by atoms with Crippen LogP contribution >= 0.6 is 0 Å². The van der Waals surface area contributed by atoms with Crippen LogP contribution in [-0.4, -0.2) is 42.0 Å². The van der Waals surface area contributed by atoms with Gasteiger partial charge in [0.05, 0.1) is 17.2 Å². The SMILES string of the molecule is CC(=O)Nc1ccc(NC(=O)N2C[C@@H](C)N(c3ccc(C#N)c(C(F)(F)F)c3)C[C@@H]2C)cc1. The number of carbonyl (C=O) groups excluding carboxylic acids is 2. The third-order valence-corrected chi connectivity index (χ3v) is 5.46. The van der Waals surface area contributed by atoms with Gasteiger partial charge in [-0.3, -0.25) is 4.79 Å². The first-order chi connectivity index (χ1) is 15.5. The third kappa shape index (κ3) is 5.55. The maximum absolute atomic E-state index is 13.4. The Morgan fingerprint density at radius 1 is 1.00 bits per heavy atom. The maximum atomic E-state index is 13.4. The number of benzene rings is 2. The Balaban J connectivity index is 1.72. The molecule has 0 aliphatic carbocycles. The summed E-state index contributed by atoms with van der Waals surface area (Å²) in [7, 11) is 0. The van der Waals surface area contributed by atoms with Crippen LogP contribution in [0.1, 0.15) is 31.9 Å². The van der Waals surface area contributed by atoms with Crippen LogP contribution in [0, 0.1) is 11.3 Å². The van der Waals surface area contributed by atoms with Crippen molar-refractivity contribution < 1.29 is 22.8 Å². The molecular weight excluding hydrogens is 435 g/mol. The number of urea groups is 1. The summed E-state index contributed by atoms with van der Waals surface area (Å²) in [6.45, 7) is 5.70. The molecular formula is C23H24F3N5O2. The average molecular weight is 459 g/mol. The minimum Gasteiger partial charge on any atom is -0.365 e. The first kappa shape index (κ1) is 23.9. The van der Waals surface area contributed by atoms with Crippen molar-refractivity contribution in [3.8, 4) is 6.07 Å². The maximum Gasteiger partial charge on any atom is 0.417 e. The molecule has 2 N–H and O–H groups in total. The number of amides is 3. The number of hydrogen-bond donors (Lipinski definition) is 2. The number of anilines is 3. The van der Waals surface area contributed by atoms with Gasteiger partial charge in [0.1, 0.15) is 0 Å². The standard InChI is InChI=1S/C23H24F3N5O2/c1-14-13-31(22(33)29-19-7-5-18(6-8-19)28-16(3)32)15(2)12-30(14)20-9-4-17(11-27)21(10-20)23(24,25)26/h4-10,14-15H,12-13H2,1-3H3,(H,28,32)(H,29,33)/t14-,15+/m1/s1. The van der Waals surface area contributed by atoms with E-state index in [4.69, 9.17) is 5.26 Å². The van der Waals surface area contributed by atoms with Crippen LogP contribution in [0.3, 0.4) is 0 Å². The predicted molar refractivity (Wildman–Crippen MR) is 119 cm³/mol. The van der Waals surface area contributed by atoms with Gasteiger partial charge in [-0.1, -0.05) is 0 Å². The third-order valence-electron chi connectivity index (χ3n) is 5.46. The Labute approximate surface area is 189 Å². The molecule has 0 bridgehead atoms. The van der Waals surface area contributed by atoms with Crippen molar-refractivity contribution in [1.29, 1.82) is 5.26 Å². The molecule has 1 saturated heterocycles. The van der Waals surface area contributed by atoms with E-state index in [0.29, 0.717) is 30.2 Å². The average Bonchev–Trinajstić information content (AvgIpc) is 2.75. The van der Waals surface area contributed by atoms with Gasteiger partial charge in [0.25, 0.3) is 0 Å². The topological polar surface area (TPSA) is 88.5 Å². The van der Waals surface area contributed by atoms with E-state index < -0.39 is 17.3 Å². The van der Waals surface area contributed by atoms with Crippen LogP contribution in [0.15, 0.2) is 42.5 Å². The lowest BCUT2D eigenvalue weighted by atomic mass is 10.0. The van der Waals surface area contributed by atoms with Crippen molar-refractivity contribution >= 4 is 29.0 Å². The van der Waals surface area contributed by atoms with Crippen molar-refractivity contribution in [2.45, 2.75) is 39.0 Å². The van der Waals surface area contributed by atoms with Crippen LogP contribution in [0.5, 0.6) is 0 Å². The van der Waals surface area contributed by atoms with Crippen molar-refractivity contribution in [3.05, 3.63) is 53.6 Å². The summed E-state index contributed by atoms with van der Waals surface area (Å²) in [6.07, 6.45) is -4.63. The second kappa shape index (κ2) is 9.40. The number of nitrogens with one attached hydrogen (secondary N) is 2. The van der Waals surface area contributed by atoms with Gasteiger partial charge in [-0.25, -0.2) is 4.79 Å². The van der Waals surface area contributed by atoms with Crippen LogP contribution in [0.25, 0.3) is 0 Å². The predicted octanol–water partition coefficient (Wildman–Crippen LogP) is 4.67. The minimum absolute atomic E-state index is 0.197. The Morgan fingerprint density at radius 3 is 2.15 bits per heavy atom. The summed E-state index contributed by atoms with van der Waals surface area (Å²) in [4.78, 5) is 27.4. The molecule has 33 heavy (non-hydrogen) atoms. The molecule has 10 heteroatoms. The summed E-state index contributed by atoms with van der Waals surface area (Å²) >= 11 is 0. The van der Waals surface area contributed by atoms with Crippen molar-refractivity contribution in [2.75, 3.05) is 28.6 Å². The summed E-state index contributed by atoms with van der Waals surface area (Å²) in [6, 6.07) is 11.1. The fourth-order valence-corrected chi connectivity index (χ4v) is 3.85. The molecule has 3 amide bonds. The minimum atomic E-state index is -4.63. The molecule has 0 spiro atoms. The molecule has 0 saturated carbocycles. The number of hydrogen-bond acceptors (Lipinski definition) is 4. The van der Waals surface area contributed by atoms with Gasteiger partial charge < -0.3 is 20.4 Å².